The Labute approximate surface area is 187 Å². The molecule has 0 atom stereocenters. The first-order chi connectivity index (χ1) is 15.1. The molecule has 0 radical (unpaired) electrons. The first kappa shape index (κ1) is 22.9. The van der Waals surface area contributed by atoms with E-state index in [0.717, 1.165) is 62.0 Å². The molecule has 3 heteroatoms. The van der Waals surface area contributed by atoms with Gasteiger partial charge in [-0.15, -0.1) is 0 Å². The highest BCUT2D eigenvalue weighted by Crippen LogP contribution is 2.43. The molecule has 0 N–H and O–H groups in total. The van der Waals surface area contributed by atoms with Crippen LogP contribution in [0.25, 0.3) is 0 Å². The number of hydrogen-bond acceptors (Lipinski definition) is 3. The summed E-state index contributed by atoms with van der Waals surface area (Å²) in [6, 6.07) is 14.8. The lowest BCUT2D eigenvalue weighted by molar-refractivity contribution is -0.143. The van der Waals surface area contributed by atoms with Gasteiger partial charge in [-0.25, -0.2) is 0 Å². The summed E-state index contributed by atoms with van der Waals surface area (Å²) in [4.78, 5) is 11.4. The van der Waals surface area contributed by atoms with Crippen LogP contribution in [0, 0.1) is 11.8 Å². The number of aryl methyl sites for hydroxylation is 1. The highest BCUT2D eigenvalue weighted by molar-refractivity contribution is 5.69. The number of unbranched alkanes of at least 4 members (excludes halogenated alkanes) is 1. The van der Waals surface area contributed by atoms with Crippen molar-refractivity contribution >= 4 is 5.97 Å². The Balaban J connectivity index is 1.62. The molecule has 0 spiro atoms. The van der Waals surface area contributed by atoms with Crippen molar-refractivity contribution in [2.45, 2.75) is 71.1 Å². The molecule has 31 heavy (non-hydrogen) atoms. The van der Waals surface area contributed by atoms with Crippen molar-refractivity contribution in [3.05, 3.63) is 64.7 Å². The molecule has 164 valence electrons. The summed E-state index contributed by atoms with van der Waals surface area (Å²) in [6.45, 7) is 7.64. The van der Waals surface area contributed by atoms with Gasteiger partial charge in [-0.2, -0.15) is 0 Å². The number of ether oxygens (including phenoxy) is 2. The fourth-order valence-corrected chi connectivity index (χ4v) is 4.35. The standard InChI is InChI=1S/C28H34O3/c1-4-28(5-2)19-20-31-26-18-17-24(21-25(26)28)16-15-23-13-11-22(12-14-23)9-7-8-10-27(29)30-6-3/h11-14,17-18,21H,4-10,19-20H2,1-3H3. The Morgan fingerprint density at radius 3 is 2.42 bits per heavy atom. The van der Waals surface area contributed by atoms with Gasteiger partial charge >= 0.3 is 5.97 Å². The predicted octanol–water partition coefficient (Wildman–Crippen LogP) is 6.20. The molecule has 0 saturated heterocycles. The van der Waals surface area contributed by atoms with E-state index in [4.69, 9.17) is 9.47 Å². The van der Waals surface area contributed by atoms with Gasteiger partial charge in [0, 0.05) is 28.5 Å². The Morgan fingerprint density at radius 2 is 1.71 bits per heavy atom. The Kier molecular flexibility index (Phi) is 8.18. The van der Waals surface area contributed by atoms with Gasteiger partial charge in [0.2, 0.25) is 0 Å². The lowest BCUT2D eigenvalue weighted by Gasteiger charge is -2.37. The smallest absolute Gasteiger partial charge is 0.305 e. The summed E-state index contributed by atoms with van der Waals surface area (Å²) in [6.07, 6.45) is 6.63. The molecule has 0 unspecified atom stereocenters. The first-order valence-electron chi connectivity index (χ1n) is 11.6. The number of carbonyl (C=O) groups excluding carboxylic acids is 1. The molecule has 1 aliphatic rings. The van der Waals surface area contributed by atoms with E-state index in [1.807, 2.05) is 6.92 Å². The third-order valence-corrected chi connectivity index (χ3v) is 6.45. The fourth-order valence-electron chi connectivity index (χ4n) is 4.35. The van der Waals surface area contributed by atoms with E-state index in [2.05, 4.69) is 68.2 Å². The van der Waals surface area contributed by atoms with Crippen molar-refractivity contribution in [2.24, 2.45) is 0 Å². The second-order valence-electron chi connectivity index (χ2n) is 8.26. The van der Waals surface area contributed by atoms with Gasteiger partial charge in [0.15, 0.2) is 0 Å². The summed E-state index contributed by atoms with van der Waals surface area (Å²) in [5, 5.41) is 0. The third-order valence-electron chi connectivity index (χ3n) is 6.45. The Hall–Kier alpha value is -2.73. The molecule has 3 nitrogen and oxygen atoms in total. The van der Waals surface area contributed by atoms with Crippen LogP contribution in [0.1, 0.15) is 81.5 Å². The maximum Gasteiger partial charge on any atom is 0.305 e. The van der Waals surface area contributed by atoms with Crippen LogP contribution < -0.4 is 4.74 Å². The monoisotopic (exact) mass is 418 g/mol. The molecule has 1 aliphatic heterocycles. The topological polar surface area (TPSA) is 35.5 Å². The molecule has 3 rings (SSSR count). The Morgan fingerprint density at radius 1 is 1.00 bits per heavy atom. The van der Waals surface area contributed by atoms with Crippen LogP contribution in [0.3, 0.4) is 0 Å². The number of hydrogen-bond donors (Lipinski definition) is 0. The van der Waals surface area contributed by atoms with Crippen molar-refractivity contribution in [3.8, 4) is 17.6 Å². The fraction of sp³-hybridized carbons (Fsp3) is 0.464. The summed E-state index contributed by atoms with van der Waals surface area (Å²) < 4.78 is 10.9. The lowest BCUT2D eigenvalue weighted by Crippen LogP contribution is -2.31. The van der Waals surface area contributed by atoms with Crippen molar-refractivity contribution in [3.63, 3.8) is 0 Å². The average molecular weight is 419 g/mol. The van der Waals surface area contributed by atoms with E-state index >= 15 is 0 Å². The van der Waals surface area contributed by atoms with Crippen LogP contribution in [0.5, 0.6) is 5.75 Å². The van der Waals surface area contributed by atoms with E-state index in [0.29, 0.717) is 13.0 Å². The molecule has 0 aromatic heterocycles. The first-order valence-corrected chi connectivity index (χ1v) is 11.6. The number of esters is 1. The van der Waals surface area contributed by atoms with E-state index in [1.54, 1.807) is 0 Å². The van der Waals surface area contributed by atoms with Gasteiger partial charge in [-0.3, -0.25) is 4.79 Å². The lowest BCUT2D eigenvalue weighted by atomic mass is 9.71. The maximum absolute atomic E-state index is 11.4. The van der Waals surface area contributed by atoms with Crippen LogP contribution >= 0.6 is 0 Å². The van der Waals surface area contributed by atoms with Gasteiger partial charge in [0.1, 0.15) is 5.75 Å². The molecule has 0 fully saturated rings. The largest absolute Gasteiger partial charge is 0.493 e. The second kappa shape index (κ2) is 11.0. The van der Waals surface area contributed by atoms with Gasteiger partial charge in [0.05, 0.1) is 13.2 Å². The quantitative estimate of drug-likeness (QED) is 0.291. The zero-order chi connectivity index (χ0) is 22.1. The van der Waals surface area contributed by atoms with Crippen molar-refractivity contribution < 1.29 is 14.3 Å². The Bertz CT molecular complexity index is 927. The minimum Gasteiger partial charge on any atom is -0.493 e. The molecule has 0 bridgehead atoms. The summed E-state index contributed by atoms with van der Waals surface area (Å²) in [7, 11) is 0. The molecule has 2 aromatic carbocycles. The van der Waals surface area contributed by atoms with E-state index in [1.165, 1.54) is 11.1 Å². The van der Waals surface area contributed by atoms with Gasteiger partial charge in [-0.1, -0.05) is 37.8 Å². The normalized spacial score (nSPS) is 14.0. The number of carbonyl (C=O) groups is 1. The van der Waals surface area contributed by atoms with Gasteiger partial charge in [-0.05, 0) is 81.3 Å². The van der Waals surface area contributed by atoms with Crippen molar-refractivity contribution in [2.75, 3.05) is 13.2 Å². The zero-order valence-corrected chi connectivity index (χ0v) is 19.1. The SMILES string of the molecule is CCOC(=O)CCCCc1ccc(C#Cc2ccc3c(c2)C(CC)(CC)CCO3)cc1. The summed E-state index contributed by atoms with van der Waals surface area (Å²) in [5.41, 5.74) is 4.85. The minimum atomic E-state index is -0.100. The van der Waals surface area contributed by atoms with Gasteiger partial charge in [0.25, 0.3) is 0 Å². The molecular weight excluding hydrogens is 384 g/mol. The highest BCUT2D eigenvalue weighted by atomic mass is 16.5. The summed E-state index contributed by atoms with van der Waals surface area (Å²) in [5.74, 6) is 7.56. The molecule has 0 aliphatic carbocycles. The minimum absolute atomic E-state index is 0.100. The van der Waals surface area contributed by atoms with Crippen molar-refractivity contribution in [1.29, 1.82) is 0 Å². The van der Waals surface area contributed by atoms with Gasteiger partial charge < -0.3 is 9.47 Å². The van der Waals surface area contributed by atoms with Crippen LogP contribution in [0.15, 0.2) is 42.5 Å². The van der Waals surface area contributed by atoms with E-state index in [9.17, 15) is 4.79 Å². The van der Waals surface area contributed by atoms with Crippen LogP contribution in [0.2, 0.25) is 0 Å². The van der Waals surface area contributed by atoms with Crippen LogP contribution in [0.4, 0.5) is 0 Å². The predicted molar refractivity (Wildman–Crippen MR) is 125 cm³/mol. The van der Waals surface area contributed by atoms with Crippen LogP contribution in [-0.2, 0) is 21.4 Å². The molecular formula is C28H34O3. The average Bonchev–Trinajstić information content (AvgIpc) is 2.81. The van der Waals surface area contributed by atoms with Crippen LogP contribution in [-0.4, -0.2) is 19.2 Å². The van der Waals surface area contributed by atoms with E-state index in [-0.39, 0.29) is 11.4 Å². The van der Waals surface area contributed by atoms with Crippen molar-refractivity contribution in [1.82, 2.24) is 0 Å². The third kappa shape index (κ3) is 5.91. The molecule has 1 heterocycles. The number of rotatable bonds is 8. The highest BCUT2D eigenvalue weighted by Gasteiger charge is 2.34. The zero-order valence-electron chi connectivity index (χ0n) is 19.1. The summed E-state index contributed by atoms with van der Waals surface area (Å²) >= 11 is 0. The molecule has 0 saturated carbocycles. The number of benzene rings is 2. The van der Waals surface area contributed by atoms with E-state index < -0.39 is 0 Å². The molecule has 0 amide bonds. The second-order valence-corrected chi connectivity index (χ2v) is 8.26. The molecule has 2 aromatic rings. The number of fused-ring (bicyclic) bond motifs is 1. The maximum atomic E-state index is 11.4.